The fourth-order valence-electron chi connectivity index (χ4n) is 4.00. The van der Waals surface area contributed by atoms with Crippen LogP contribution in [0.5, 0.6) is 0 Å². The van der Waals surface area contributed by atoms with Gasteiger partial charge in [0.2, 0.25) is 0 Å². The predicted octanol–water partition coefficient (Wildman–Crippen LogP) is 5.30. The number of aliphatic hydroxyl groups is 2. The molecule has 0 saturated heterocycles. The second-order valence-corrected chi connectivity index (χ2v) is 9.83. The first-order valence-electron chi connectivity index (χ1n) is 9.54. The first-order valence-corrected chi connectivity index (χ1v) is 11.5. The maximum Gasteiger partial charge on any atom is 0.348 e. The lowest BCUT2D eigenvalue weighted by atomic mass is 9.84. The maximum absolute atomic E-state index is 11.8. The van der Waals surface area contributed by atoms with Crippen LogP contribution in [0.15, 0.2) is 30.3 Å². The highest BCUT2D eigenvalue weighted by Gasteiger charge is 2.42. The number of rotatable bonds is 8. The van der Waals surface area contributed by atoms with Crippen LogP contribution in [0.3, 0.4) is 0 Å². The van der Waals surface area contributed by atoms with E-state index in [1.807, 2.05) is 18.2 Å². The summed E-state index contributed by atoms with van der Waals surface area (Å²) in [6.07, 6.45) is 2.57. The molecule has 2 aromatic rings. The number of halogens is 3. The van der Waals surface area contributed by atoms with Crippen molar-refractivity contribution >= 4 is 52.1 Å². The Balaban J connectivity index is 1.61. The monoisotopic (exact) mass is 476 g/mol. The number of hydrogen-bond donors (Lipinski definition) is 2. The Morgan fingerprint density at radius 2 is 1.93 bits per heavy atom. The molecule has 0 bridgehead atoms. The number of benzene rings is 1. The Kier molecular flexibility index (Phi) is 8.25. The van der Waals surface area contributed by atoms with E-state index in [0.717, 1.165) is 29.7 Å². The molecule has 1 aliphatic rings. The van der Waals surface area contributed by atoms with Crippen LogP contribution in [-0.2, 0) is 11.2 Å². The Morgan fingerprint density at radius 3 is 2.62 bits per heavy atom. The summed E-state index contributed by atoms with van der Waals surface area (Å²) in [6.45, 7) is -0.183. The number of carbonyl (C=O) groups is 1. The van der Waals surface area contributed by atoms with Gasteiger partial charge in [0, 0.05) is 26.2 Å². The quantitative estimate of drug-likeness (QED) is 0.400. The number of hydrogen-bond acceptors (Lipinski definition) is 5. The summed E-state index contributed by atoms with van der Waals surface area (Å²) in [5.41, 5.74) is 0.924. The van der Waals surface area contributed by atoms with Gasteiger partial charge in [0.1, 0.15) is 11.5 Å². The molecule has 4 nitrogen and oxygen atoms in total. The number of ether oxygens (including phenoxy) is 1. The number of aliphatic hydroxyl groups excluding tert-OH is 2. The van der Waals surface area contributed by atoms with Gasteiger partial charge in [0.25, 0.3) is 0 Å². The SMILES string of the molecule is O=C(OCCO)c1ccc(CCC[C@@H]2C(c3cc(Cl)cc(Cl)c3)[C@H](O)C[C@H]2Cl)s1. The summed E-state index contributed by atoms with van der Waals surface area (Å²) in [7, 11) is 0. The van der Waals surface area contributed by atoms with E-state index in [4.69, 9.17) is 44.6 Å². The van der Waals surface area contributed by atoms with Crippen molar-refractivity contribution < 1.29 is 19.7 Å². The zero-order chi connectivity index (χ0) is 21.0. The van der Waals surface area contributed by atoms with Gasteiger partial charge < -0.3 is 14.9 Å². The van der Waals surface area contributed by atoms with E-state index in [1.165, 1.54) is 11.3 Å². The zero-order valence-electron chi connectivity index (χ0n) is 15.7. The van der Waals surface area contributed by atoms with E-state index >= 15 is 0 Å². The van der Waals surface area contributed by atoms with Gasteiger partial charge in [-0.3, -0.25) is 0 Å². The Bertz CT molecular complexity index is 821. The van der Waals surface area contributed by atoms with E-state index in [-0.39, 0.29) is 30.4 Å². The molecular weight excluding hydrogens is 455 g/mol. The van der Waals surface area contributed by atoms with Crippen molar-refractivity contribution in [2.45, 2.75) is 43.1 Å². The second-order valence-electron chi connectivity index (χ2n) is 7.23. The van der Waals surface area contributed by atoms with Crippen LogP contribution in [0.1, 0.15) is 45.3 Å². The molecule has 158 valence electrons. The second kappa shape index (κ2) is 10.5. The molecule has 1 aliphatic carbocycles. The predicted molar refractivity (Wildman–Crippen MR) is 118 cm³/mol. The van der Waals surface area contributed by atoms with Crippen LogP contribution >= 0.6 is 46.1 Å². The van der Waals surface area contributed by atoms with Gasteiger partial charge >= 0.3 is 5.97 Å². The van der Waals surface area contributed by atoms with Crippen molar-refractivity contribution in [3.63, 3.8) is 0 Å². The summed E-state index contributed by atoms with van der Waals surface area (Å²) in [4.78, 5) is 13.5. The van der Waals surface area contributed by atoms with Crippen molar-refractivity contribution in [3.8, 4) is 0 Å². The van der Waals surface area contributed by atoms with Crippen LogP contribution in [0, 0.1) is 5.92 Å². The van der Waals surface area contributed by atoms with Crippen LogP contribution in [-0.4, -0.2) is 40.9 Å². The first-order chi connectivity index (χ1) is 13.9. The van der Waals surface area contributed by atoms with Crippen molar-refractivity contribution in [2.24, 2.45) is 5.92 Å². The fraction of sp³-hybridized carbons (Fsp3) is 0.476. The molecule has 8 heteroatoms. The van der Waals surface area contributed by atoms with Crippen LogP contribution in [0.2, 0.25) is 10.0 Å². The maximum atomic E-state index is 11.8. The lowest BCUT2D eigenvalue weighted by Gasteiger charge is -2.24. The number of alkyl halides is 1. The van der Waals surface area contributed by atoms with Crippen LogP contribution < -0.4 is 0 Å². The van der Waals surface area contributed by atoms with Crippen molar-refractivity contribution in [1.29, 1.82) is 0 Å². The van der Waals surface area contributed by atoms with Gasteiger partial charge in [0.15, 0.2) is 0 Å². The van der Waals surface area contributed by atoms with Crippen molar-refractivity contribution in [2.75, 3.05) is 13.2 Å². The number of esters is 1. The Hall–Kier alpha value is -0.820. The Morgan fingerprint density at radius 1 is 1.21 bits per heavy atom. The highest BCUT2D eigenvalue weighted by atomic mass is 35.5. The largest absolute Gasteiger partial charge is 0.459 e. The Labute approximate surface area is 189 Å². The lowest BCUT2D eigenvalue weighted by molar-refractivity contribution is 0.0439. The molecule has 1 saturated carbocycles. The normalized spacial score (nSPS) is 24.0. The first kappa shape index (κ1) is 22.9. The van der Waals surface area contributed by atoms with Crippen LogP contribution in [0.4, 0.5) is 0 Å². The summed E-state index contributed by atoms with van der Waals surface area (Å²) in [5.74, 6) is -0.385. The summed E-state index contributed by atoms with van der Waals surface area (Å²) in [6, 6.07) is 9.07. The third kappa shape index (κ3) is 5.87. The molecule has 0 spiro atoms. The zero-order valence-corrected chi connectivity index (χ0v) is 18.8. The van der Waals surface area contributed by atoms with Gasteiger partial charge in [0.05, 0.1) is 12.7 Å². The third-order valence-corrected chi connectivity index (χ3v) is 7.29. The summed E-state index contributed by atoms with van der Waals surface area (Å²) < 4.78 is 4.94. The van der Waals surface area contributed by atoms with E-state index in [2.05, 4.69) is 0 Å². The highest BCUT2D eigenvalue weighted by molar-refractivity contribution is 7.13. The summed E-state index contributed by atoms with van der Waals surface area (Å²) >= 11 is 20.3. The molecule has 0 aliphatic heterocycles. The van der Waals surface area contributed by atoms with E-state index in [1.54, 1.807) is 12.1 Å². The fourth-order valence-corrected chi connectivity index (χ4v) is 5.95. The minimum absolute atomic E-state index is 0.00207. The molecule has 1 aromatic heterocycles. The average Bonchev–Trinajstić information content (AvgIpc) is 3.23. The molecular formula is C21H23Cl3O4S. The molecule has 3 rings (SSSR count). The standard InChI is InChI=1S/C21H23Cl3O4S/c22-13-8-12(9-14(23)10-13)20-16(17(24)11-18(20)26)3-1-2-15-4-5-19(29-15)21(27)28-7-6-25/h4-5,8-10,16-18,20,25-26H,1-3,6-7,11H2/t16-,17+,18+,20?/m0/s1. The smallest absolute Gasteiger partial charge is 0.348 e. The minimum Gasteiger partial charge on any atom is -0.459 e. The van der Waals surface area contributed by atoms with Gasteiger partial charge in [-0.2, -0.15) is 0 Å². The molecule has 0 radical (unpaired) electrons. The number of carbonyl (C=O) groups excluding carboxylic acids is 1. The van der Waals surface area contributed by atoms with E-state index in [9.17, 15) is 9.90 Å². The van der Waals surface area contributed by atoms with Crippen LogP contribution in [0.25, 0.3) is 0 Å². The molecule has 1 aromatic carbocycles. The molecule has 0 amide bonds. The highest BCUT2D eigenvalue weighted by Crippen LogP contribution is 2.46. The minimum atomic E-state index is -0.522. The van der Waals surface area contributed by atoms with Crippen molar-refractivity contribution in [1.82, 2.24) is 0 Å². The molecule has 1 heterocycles. The van der Waals surface area contributed by atoms with Gasteiger partial charge in [-0.1, -0.05) is 23.2 Å². The lowest BCUT2D eigenvalue weighted by Crippen LogP contribution is -2.19. The van der Waals surface area contributed by atoms with Gasteiger partial charge in [-0.15, -0.1) is 22.9 Å². The van der Waals surface area contributed by atoms with Gasteiger partial charge in [-0.05, 0) is 67.5 Å². The average molecular weight is 478 g/mol. The van der Waals surface area contributed by atoms with Gasteiger partial charge in [-0.25, -0.2) is 4.79 Å². The molecule has 2 N–H and O–H groups in total. The van der Waals surface area contributed by atoms with Crippen molar-refractivity contribution in [3.05, 3.63) is 55.7 Å². The number of thiophene rings is 1. The summed E-state index contributed by atoms with van der Waals surface area (Å²) in [5, 5.41) is 20.3. The van der Waals surface area contributed by atoms with E-state index in [0.29, 0.717) is 21.3 Å². The molecule has 29 heavy (non-hydrogen) atoms. The topological polar surface area (TPSA) is 66.8 Å². The van der Waals surface area contributed by atoms with E-state index < -0.39 is 12.1 Å². The molecule has 4 atom stereocenters. The molecule has 1 fully saturated rings. The third-order valence-electron chi connectivity index (χ3n) is 5.22. The number of aryl methyl sites for hydroxylation is 1. The molecule has 1 unspecified atom stereocenters.